The van der Waals surface area contributed by atoms with E-state index in [4.69, 9.17) is 5.14 Å². The first-order valence-corrected chi connectivity index (χ1v) is 7.55. The highest BCUT2D eigenvalue weighted by Gasteiger charge is 2.29. The van der Waals surface area contributed by atoms with Crippen molar-refractivity contribution in [3.05, 3.63) is 33.8 Å². The predicted molar refractivity (Wildman–Crippen MR) is 72.0 cm³/mol. The minimum absolute atomic E-state index is 0.158. The molecule has 11 heteroatoms. The van der Waals surface area contributed by atoms with Gasteiger partial charge in [0, 0.05) is 6.54 Å². The van der Waals surface area contributed by atoms with E-state index in [1.165, 1.54) is 4.68 Å². The lowest BCUT2D eigenvalue weighted by atomic mass is 10.3. The molecule has 0 aliphatic heterocycles. The molecule has 2 heterocycles. The molecule has 0 aromatic carbocycles. The number of primary sulfonamides is 1. The van der Waals surface area contributed by atoms with Crippen LogP contribution in [-0.4, -0.2) is 32.9 Å². The maximum Gasteiger partial charge on any atom is 0.410 e. The Morgan fingerprint density at radius 1 is 1.43 bits per heavy atom. The Labute approximate surface area is 120 Å². The number of aromatic nitrogens is 4. The van der Waals surface area contributed by atoms with Crippen molar-refractivity contribution in [3.8, 4) is 0 Å². The van der Waals surface area contributed by atoms with E-state index in [9.17, 15) is 18.5 Å². The van der Waals surface area contributed by atoms with Gasteiger partial charge in [0.25, 0.3) is 0 Å². The van der Waals surface area contributed by atoms with E-state index in [2.05, 4.69) is 10.2 Å². The van der Waals surface area contributed by atoms with E-state index in [-0.39, 0.29) is 6.54 Å². The molecule has 0 saturated carbocycles. The van der Waals surface area contributed by atoms with Crippen molar-refractivity contribution in [1.82, 2.24) is 19.6 Å². The van der Waals surface area contributed by atoms with Gasteiger partial charge in [-0.3, -0.25) is 4.68 Å². The third-order valence-electron chi connectivity index (χ3n) is 2.80. The molecule has 0 unspecified atom stereocenters. The summed E-state index contributed by atoms with van der Waals surface area (Å²) in [5, 5.41) is 23.7. The lowest BCUT2D eigenvalue weighted by molar-refractivity contribution is -0.392. The number of nitrogens with zero attached hydrogens (tertiary/aromatic N) is 5. The Kier molecular flexibility index (Phi) is 3.78. The lowest BCUT2D eigenvalue weighted by Gasteiger charge is -2.01. The molecule has 2 rings (SSSR count). The summed E-state index contributed by atoms with van der Waals surface area (Å²) < 4.78 is 25.6. The second-order valence-corrected chi connectivity index (χ2v) is 5.94. The van der Waals surface area contributed by atoms with E-state index >= 15 is 0 Å². The van der Waals surface area contributed by atoms with E-state index in [0.29, 0.717) is 6.54 Å². The van der Waals surface area contributed by atoms with Gasteiger partial charge in [-0.1, -0.05) is 0 Å². The zero-order valence-corrected chi connectivity index (χ0v) is 12.2. The Bertz CT molecular complexity index is 791. The summed E-state index contributed by atoms with van der Waals surface area (Å²) >= 11 is 0. The quantitative estimate of drug-likeness (QED) is 0.609. The molecular formula is C10H14N6O4S. The van der Waals surface area contributed by atoms with E-state index in [1.807, 2.05) is 13.8 Å². The van der Waals surface area contributed by atoms with Gasteiger partial charge in [0.15, 0.2) is 0 Å². The minimum Gasteiger partial charge on any atom is -0.358 e. The molecule has 2 aromatic heterocycles. The summed E-state index contributed by atoms with van der Waals surface area (Å²) in [6.45, 7) is 4.49. The first-order chi connectivity index (χ1) is 9.72. The highest BCUT2D eigenvalue weighted by Crippen LogP contribution is 2.20. The lowest BCUT2D eigenvalue weighted by Crippen LogP contribution is -2.13. The molecule has 0 aliphatic carbocycles. The van der Waals surface area contributed by atoms with Crippen molar-refractivity contribution < 1.29 is 13.3 Å². The molecule has 0 amide bonds. The largest absolute Gasteiger partial charge is 0.410 e. The molecule has 10 nitrogen and oxygen atoms in total. The molecule has 0 saturated heterocycles. The molecule has 0 atom stereocenters. The SMILES string of the molecule is CCn1nc(C)cc1Cn1cc(S(N)(=O)=O)c([N+](=O)[O-])n1. The van der Waals surface area contributed by atoms with Gasteiger partial charge in [0.1, 0.15) is 6.54 Å². The summed E-state index contributed by atoms with van der Waals surface area (Å²) in [5.74, 6) is -0.781. The average Bonchev–Trinajstić information content (AvgIpc) is 2.93. The fourth-order valence-corrected chi connectivity index (χ4v) is 2.61. The van der Waals surface area contributed by atoms with Crippen LogP contribution in [0.2, 0.25) is 0 Å². The fraction of sp³-hybridized carbons (Fsp3) is 0.400. The molecule has 114 valence electrons. The van der Waals surface area contributed by atoms with Crippen molar-refractivity contribution >= 4 is 15.8 Å². The van der Waals surface area contributed by atoms with Crippen molar-refractivity contribution in [1.29, 1.82) is 0 Å². The molecule has 0 fully saturated rings. The number of nitro groups is 1. The Morgan fingerprint density at radius 3 is 2.57 bits per heavy atom. The minimum atomic E-state index is -4.21. The number of sulfonamides is 1. The molecule has 2 N–H and O–H groups in total. The third kappa shape index (κ3) is 3.08. The second-order valence-electron chi connectivity index (χ2n) is 4.41. The molecule has 0 spiro atoms. The summed E-state index contributed by atoms with van der Waals surface area (Å²) in [4.78, 5) is 9.37. The maximum absolute atomic E-state index is 11.4. The molecule has 0 aliphatic rings. The van der Waals surface area contributed by atoms with Gasteiger partial charge in [-0.15, -0.1) is 0 Å². The first kappa shape index (κ1) is 15.1. The van der Waals surface area contributed by atoms with Crippen molar-refractivity contribution in [2.24, 2.45) is 5.14 Å². The third-order valence-corrected chi connectivity index (χ3v) is 3.70. The van der Waals surface area contributed by atoms with Gasteiger partial charge in [-0.05, 0) is 24.8 Å². The van der Waals surface area contributed by atoms with Crippen LogP contribution in [0.3, 0.4) is 0 Å². The number of aryl methyl sites for hydroxylation is 2. The number of hydrogen-bond acceptors (Lipinski definition) is 6. The summed E-state index contributed by atoms with van der Waals surface area (Å²) in [5.41, 5.74) is 1.55. The van der Waals surface area contributed by atoms with Crippen molar-refractivity contribution in [3.63, 3.8) is 0 Å². The summed E-state index contributed by atoms with van der Waals surface area (Å²) in [6, 6.07) is 1.80. The van der Waals surface area contributed by atoms with Crippen molar-refractivity contribution in [2.45, 2.75) is 31.8 Å². The zero-order valence-electron chi connectivity index (χ0n) is 11.4. The van der Waals surface area contributed by atoms with Gasteiger partial charge in [-0.25, -0.2) is 13.6 Å². The topological polar surface area (TPSA) is 139 Å². The predicted octanol–water partition coefficient (Wildman–Crippen LogP) is 0.0118. The molecular weight excluding hydrogens is 300 g/mol. The maximum atomic E-state index is 11.4. The molecule has 0 bridgehead atoms. The van der Waals surface area contributed by atoms with Gasteiger partial charge in [0.2, 0.25) is 14.9 Å². The normalized spacial score (nSPS) is 11.8. The molecule has 0 radical (unpaired) electrons. The van der Waals surface area contributed by atoms with Crippen LogP contribution in [-0.2, 0) is 23.1 Å². The smallest absolute Gasteiger partial charge is 0.358 e. The van der Waals surface area contributed by atoms with E-state index in [0.717, 1.165) is 17.6 Å². The van der Waals surface area contributed by atoms with Gasteiger partial charge in [0.05, 0.1) is 22.7 Å². The number of nitrogens with two attached hydrogens (primary N) is 1. The molecule has 2 aromatic rings. The van der Waals surface area contributed by atoms with Crippen molar-refractivity contribution in [2.75, 3.05) is 0 Å². The zero-order chi connectivity index (χ0) is 15.8. The van der Waals surface area contributed by atoms with Crippen LogP contribution in [0.15, 0.2) is 17.2 Å². The Hall–Kier alpha value is -2.27. The van der Waals surface area contributed by atoms with Gasteiger partial charge >= 0.3 is 5.82 Å². The van der Waals surface area contributed by atoms with Gasteiger partial charge in [-0.2, -0.15) is 9.78 Å². The standard InChI is InChI=1S/C10H14N6O4S/c1-3-15-8(4-7(2)12-15)5-14-6-9(21(11,19)20)10(13-14)16(17)18/h4,6H,3,5H2,1-2H3,(H2,11,19,20). The van der Waals surface area contributed by atoms with E-state index < -0.39 is 25.7 Å². The number of hydrogen-bond donors (Lipinski definition) is 1. The fourth-order valence-electron chi connectivity index (χ4n) is 1.97. The first-order valence-electron chi connectivity index (χ1n) is 6.00. The van der Waals surface area contributed by atoms with E-state index in [1.54, 1.807) is 10.7 Å². The van der Waals surface area contributed by atoms with Crippen LogP contribution in [0, 0.1) is 17.0 Å². The Morgan fingerprint density at radius 2 is 2.10 bits per heavy atom. The van der Waals surface area contributed by atoms with Crippen LogP contribution in [0.4, 0.5) is 5.82 Å². The van der Waals surface area contributed by atoms with Gasteiger partial charge < -0.3 is 10.1 Å². The average molecular weight is 314 g/mol. The summed E-state index contributed by atoms with van der Waals surface area (Å²) in [6.07, 6.45) is 1.05. The summed E-state index contributed by atoms with van der Waals surface area (Å²) in [7, 11) is -4.21. The highest BCUT2D eigenvalue weighted by atomic mass is 32.2. The van der Waals surface area contributed by atoms with Crippen LogP contribution < -0.4 is 5.14 Å². The Balaban J connectivity index is 2.44. The van der Waals surface area contributed by atoms with Crippen LogP contribution in [0.1, 0.15) is 18.3 Å². The van der Waals surface area contributed by atoms with Crippen LogP contribution >= 0.6 is 0 Å². The number of rotatable bonds is 5. The molecule has 21 heavy (non-hydrogen) atoms. The second kappa shape index (κ2) is 5.26. The van der Waals surface area contributed by atoms with Crippen LogP contribution in [0.5, 0.6) is 0 Å². The monoisotopic (exact) mass is 314 g/mol. The highest BCUT2D eigenvalue weighted by molar-refractivity contribution is 7.89. The van der Waals surface area contributed by atoms with Crippen LogP contribution in [0.25, 0.3) is 0 Å².